The summed E-state index contributed by atoms with van der Waals surface area (Å²) >= 11 is 1.40. The van der Waals surface area contributed by atoms with Crippen LogP contribution in [0.2, 0.25) is 0 Å². The lowest BCUT2D eigenvalue weighted by molar-refractivity contribution is 0.949. The zero-order valence-corrected chi connectivity index (χ0v) is 10.6. The standard InChI is InChI=1S/C12H14N4S/c1-9-14-12(17-15-9)11-5-4-10(8-13-11)16-6-2-3-7-16/h4-5,8H,2-3,6-7H2,1H3. The van der Waals surface area contributed by atoms with Gasteiger partial charge in [0.15, 0.2) is 5.01 Å². The van der Waals surface area contributed by atoms with Crippen molar-refractivity contribution in [2.75, 3.05) is 18.0 Å². The summed E-state index contributed by atoms with van der Waals surface area (Å²) in [6, 6.07) is 4.16. The van der Waals surface area contributed by atoms with E-state index in [1.165, 1.54) is 30.1 Å². The van der Waals surface area contributed by atoms with Gasteiger partial charge in [0.1, 0.15) is 11.5 Å². The Morgan fingerprint density at radius 2 is 2.06 bits per heavy atom. The molecule has 5 heteroatoms. The van der Waals surface area contributed by atoms with Crippen molar-refractivity contribution < 1.29 is 0 Å². The number of nitrogens with zero attached hydrogens (tertiary/aromatic N) is 4. The molecule has 1 fully saturated rings. The van der Waals surface area contributed by atoms with Gasteiger partial charge in [-0.05, 0) is 43.4 Å². The minimum Gasteiger partial charge on any atom is -0.370 e. The third-order valence-electron chi connectivity index (χ3n) is 2.97. The van der Waals surface area contributed by atoms with Gasteiger partial charge in [-0.2, -0.15) is 4.37 Å². The van der Waals surface area contributed by atoms with E-state index in [1.54, 1.807) is 0 Å². The Hall–Kier alpha value is -1.49. The Bertz CT molecular complexity index is 499. The zero-order chi connectivity index (χ0) is 11.7. The van der Waals surface area contributed by atoms with Gasteiger partial charge in [-0.15, -0.1) is 0 Å². The molecule has 0 radical (unpaired) electrons. The first-order valence-electron chi connectivity index (χ1n) is 5.84. The average molecular weight is 246 g/mol. The SMILES string of the molecule is Cc1nsc(-c2ccc(N3CCCC3)cn2)n1. The summed E-state index contributed by atoms with van der Waals surface area (Å²) in [5.74, 6) is 0.815. The second kappa shape index (κ2) is 4.41. The molecule has 1 aliphatic rings. The third-order valence-corrected chi connectivity index (χ3v) is 3.79. The van der Waals surface area contributed by atoms with Crippen LogP contribution in [0.15, 0.2) is 18.3 Å². The molecule has 3 heterocycles. The molecule has 4 nitrogen and oxygen atoms in total. The molecule has 2 aromatic heterocycles. The fourth-order valence-corrected chi connectivity index (χ4v) is 2.72. The number of hydrogen-bond donors (Lipinski definition) is 0. The second-order valence-corrected chi connectivity index (χ2v) is 4.99. The van der Waals surface area contributed by atoms with Gasteiger partial charge in [0.25, 0.3) is 0 Å². The summed E-state index contributed by atoms with van der Waals surface area (Å²) in [6.07, 6.45) is 4.52. The average Bonchev–Trinajstić information content (AvgIpc) is 3.00. The molecule has 0 spiro atoms. The molecular weight excluding hydrogens is 232 g/mol. The summed E-state index contributed by atoms with van der Waals surface area (Å²) in [5, 5.41) is 0.899. The lowest BCUT2D eigenvalue weighted by atomic mass is 10.3. The highest BCUT2D eigenvalue weighted by atomic mass is 32.1. The molecule has 0 saturated carbocycles. The van der Waals surface area contributed by atoms with E-state index in [0.717, 1.165) is 29.6 Å². The van der Waals surface area contributed by atoms with E-state index in [-0.39, 0.29) is 0 Å². The summed E-state index contributed by atoms with van der Waals surface area (Å²) < 4.78 is 4.17. The van der Waals surface area contributed by atoms with Crippen molar-refractivity contribution >= 4 is 17.2 Å². The van der Waals surface area contributed by atoms with Crippen molar-refractivity contribution in [2.45, 2.75) is 19.8 Å². The Kier molecular flexibility index (Phi) is 2.76. The predicted octanol–water partition coefficient (Wildman–Crippen LogP) is 2.51. The number of pyridine rings is 1. The number of rotatable bonds is 2. The molecule has 88 valence electrons. The van der Waals surface area contributed by atoms with Crippen molar-refractivity contribution in [2.24, 2.45) is 0 Å². The fraction of sp³-hybridized carbons (Fsp3) is 0.417. The van der Waals surface area contributed by atoms with Crippen molar-refractivity contribution in [3.05, 3.63) is 24.2 Å². The summed E-state index contributed by atoms with van der Waals surface area (Å²) in [4.78, 5) is 11.2. The van der Waals surface area contributed by atoms with Gasteiger partial charge < -0.3 is 4.90 Å². The first kappa shape index (κ1) is 10.7. The van der Waals surface area contributed by atoms with Crippen LogP contribution in [0.25, 0.3) is 10.7 Å². The maximum atomic E-state index is 4.47. The Labute approximate surface area is 105 Å². The minimum atomic E-state index is 0.815. The van der Waals surface area contributed by atoms with Crippen LogP contribution in [-0.4, -0.2) is 27.4 Å². The van der Waals surface area contributed by atoms with E-state index in [0.29, 0.717) is 0 Å². The van der Waals surface area contributed by atoms with Gasteiger partial charge >= 0.3 is 0 Å². The Balaban J connectivity index is 1.84. The number of aryl methyl sites for hydroxylation is 1. The minimum absolute atomic E-state index is 0.815. The van der Waals surface area contributed by atoms with Crippen LogP contribution in [0.1, 0.15) is 18.7 Å². The van der Waals surface area contributed by atoms with E-state index in [9.17, 15) is 0 Å². The van der Waals surface area contributed by atoms with Gasteiger partial charge in [-0.1, -0.05) is 0 Å². The van der Waals surface area contributed by atoms with Crippen LogP contribution in [0.3, 0.4) is 0 Å². The summed E-state index contributed by atoms with van der Waals surface area (Å²) in [7, 11) is 0. The highest BCUT2D eigenvalue weighted by Crippen LogP contribution is 2.23. The smallest absolute Gasteiger partial charge is 0.162 e. The largest absolute Gasteiger partial charge is 0.370 e. The quantitative estimate of drug-likeness (QED) is 0.816. The third kappa shape index (κ3) is 2.15. The molecule has 3 rings (SSSR count). The molecule has 2 aromatic rings. The van der Waals surface area contributed by atoms with Crippen LogP contribution >= 0.6 is 11.5 Å². The van der Waals surface area contributed by atoms with Crippen LogP contribution in [0.4, 0.5) is 5.69 Å². The summed E-state index contributed by atoms with van der Waals surface area (Å²) in [6.45, 7) is 4.20. The first-order valence-corrected chi connectivity index (χ1v) is 6.62. The maximum Gasteiger partial charge on any atom is 0.162 e. The van der Waals surface area contributed by atoms with E-state index in [2.05, 4.69) is 25.3 Å². The van der Waals surface area contributed by atoms with E-state index >= 15 is 0 Å². The molecular formula is C12H14N4S. The lowest BCUT2D eigenvalue weighted by Crippen LogP contribution is -2.17. The molecule has 0 N–H and O–H groups in total. The van der Waals surface area contributed by atoms with Crippen LogP contribution in [0.5, 0.6) is 0 Å². The molecule has 0 aromatic carbocycles. The topological polar surface area (TPSA) is 41.9 Å². The second-order valence-electron chi connectivity index (χ2n) is 4.24. The molecule has 17 heavy (non-hydrogen) atoms. The molecule has 1 aliphatic heterocycles. The van der Waals surface area contributed by atoms with Crippen LogP contribution < -0.4 is 4.90 Å². The predicted molar refractivity (Wildman–Crippen MR) is 69.3 cm³/mol. The Morgan fingerprint density at radius 1 is 1.24 bits per heavy atom. The highest BCUT2D eigenvalue weighted by Gasteiger charge is 2.13. The molecule has 0 amide bonds. The van der Waals surface area contributed by atoms with E-state index in [4.69, 9.17) is 0 Å². The molecule has 0 aliphatic carbocycles. The van der Waals surface area contributed by atoms with E-state index < -0.39 is 0 Å². The molecule has 0 atom stereocenters. The van der Waals surface area contributed by atoms with Crippen molar-refractivity contribution in [1.29, 1.82) is 0 Å². The van der Waals surface area contributed by atoms with Crippen LogP contribution in [-0.2, 0) is 0 Å². The maximum absolute atomic E-state index is 4.47. The van der Waals surface area contributed by atoms with Gasteiger partial charge in [0.05, 0.1) is 11.9 Å². The molecule has 0 unspecified atom stereocenters. The van der Waals surface area contributed by atoms with E-state index in [1.807, 2.05) is 19.2 Å². The highest BCUT2D eigenvalue weighted by molar-refractivity contribution is 7.09. The van der Waals surface area contributed by atoms with Crippen molar-refractivity contribution in [3.8, 4) is 10.7 Å². The number of anilines is 1. The van der Waals surface area contributed by atoms with Gasteiger partial charge in [0, 0.05) is 13.1 Å². The number of hydrogen-bond acceptors (Lipinski definition) is 5. The van der Waals surface area contributed by atoms with Gasteiger partial charge in [-0.3, -0.25) is 4.98 Å². The van der Waals surface area contributed by atoms with Crippen molar-refractivity contribution in [1.82, 2.24) is 14.3 Å². The molecule has 0 bridgehead atoms. The zero-order valence-electron chi connectivity index (χ0n) is 9.76. The Morgan fingerprint density at radius 3 is 2.65 bits per heavy atom. The fourth-order valence-electron chi connectivity index (χ4n) is 2.08. The summed E-state index contributed by atoms with van der Waals surface area (Å²) in [5.41, 5.74) is 2.13. The van der Waals surface area contributed by atoms with Crippen molar-refractivity contribution in [3.63, 3.8) is 0 Å². The normalized spacial score (nSPS) is 15.5. The first-order chi connectivity index (χ1) is 8.33. The monoisotopic (exact) mass is 246 g/mol. The lowest BCUT2D eigenvalue weighted by Gasteiger charge is -2.16. The molecule has 1 saturated heterocycles. The van der Waals surface area contributed by atoms with Crippen LogP contribution in [0, 0.1) is 6.92 Å². The van der Waals surface area contributed by atoms with Gasteiger partial charge in [0.2, 0.25) is 0 Å². The number of aromatic nitrogens is 3. The van der Waals surface area contributed by atoms with Gasteiger partial charge in [-0.25, -0.2) is 4.98 Å².